The van der Waals surface area contributed by atoms with Gasteiger partial charge in [-0.3, -0.25) is 9.69 Å². The third-order valence-electron chi connectivity index (χ3n) is 7.17. The first-order valence-corrected chi connectivity index (χ1v) is 12.2. The van der Waals surface area contributed by atoms with Crippen LogP contribution < -0.4 is 10.2 Å². The molecule has 2 fully saturated rings. The van der Waals surface area contributed by atoms with Crippen molar-refractivity contribution in [1.29, 1.82) is 0 Å². The molecular weight excluding hydrogens is 416 g/mol. The van der Waals surface area contributed by atoms with Crippen LogP contribution in [0, 0.1) is 0 Å². The number of morpholine rings is 1. The van der Waals surface area contributed by atoms with Crippen molar-refractivity contribution in [1.82, 2.24) is 10.1 Å². The first-order chi connectivity index (χ1) is 16.3. The Morgan fingerprint density at radius 1 is 0.970 bits per heavy atom. The minimum Gasteiger partial charge on any atom is -0.383 e. The zero-order valence-electron chi connectivity index (χ0n) is 18.9. The van der Waals surface area contributed by atoms with E-state index in [1.165, 1.54) is 25.7 Å². The van der Waals surface area contributed by atoms with E-state index in [2.05, 4.69) is 26.3 Å². The van der Waals surface area contributed by atoms with Crippen LogP contribution in [0.4, 0.5) is 11.4 Å². The Morgan fingerprint density at radius 3 is 2.52 bits per heavy atom. The molecule has 0 spiro atoms. The number of nitrogens with one attached hydrogen (secondary N) is 1. The normalized spacial score (nSPS) is 18.9. The lowest BCUT2D eigenvalue weighted by Crippen LogP contribution is -2.39. The Bertz CT molecular complexity index is 1170. The van der Waals surface area contributed by atoms with Gasteiger partial charge in [-0.15, -0.1) is 0 Å². The van der Waals surface area contributed by atoms with Gasteiger partial charge < -0.3 is 19.5 Å². The molecular formula is C26H30N4O3. The van der Waals surface area contributed by atoms with Crippen LogP contribution in [0.15, 0.2) is 34.9 Å². The summed E-state index contributed by atoms with van der Waals surface area (Å²) in [5.41, 5.74) is 4.99. The number of carbonyl (C=O) groups is 1. The van der Waals surface area contributed by atoms with Gasteiger partial charge in [0.1, 0.15) is 5.52 Å². The van der Waals surface area contributed by atoms with Crippen molar-refractivity contribution in [2.45, 2.75) is 25.7 Å². The highest BCUT2D eigenvalue weighted by Crippen LogP contribution is 2.46. The molecule has 0 atom stereocenters. The highest BCUT2D eigenvalue weighted by atomic mass is 16.5. The Morgan fingerprint density at radius 2 is 1.73 bits per heavy atom. The summed E-state index contributed by atoms with van der Waals surface area (Å²) in [5, 5.41) is 8.97. The Labute approximate surface area is 193 Å². The highest BCUT2D eigenvalue weighted by molar-refractivity contribution is 6.28. The molecule has 3 heterocycles. The number of ketones is 1. The second-order valence-corrected chi connectivity index (χ2v) is 9.21. The molecule has 1 aromatic heterocycles. The topological polar surface area (TPSA) is 70.8 Å². The van der Waals surface area contributed by atoms with E-state index in [-0.39, 0.29) is 5.78 Å². The molecule has 3 aromatic rings. The van der Waals surface area contributed by atoms with E-state index in [9.17, 15) is 4.79 Å². The fourth-order valence-corrected chi connectivity index (χ4v) is 5.41. The first kappa shape index (κ1) is 20.7. The average Bonchev–Trinajstić information content (AvgIpc) is 3.11. The molecule has 2 saturated heterocycles. The summed E-state index contributed by atoms with van der Waals surface area (Å²) in [6.07, 6.45) is 4.88. The molecule has 33 heavy (non-hydrogen) atoms. The summed E-state index contributed by atoms with van der Waals surface area (Å²) in [4.78, 5) is 18.5. The predicted molar refractivity (Wildman–Crippen MR) is 129 cm³/mol. The van der Waals surface area contributed by atoms with Crippen molar-refractivity contribution in [2.24, 2.45) is 0 Å². The fourth-order valence-electron chi connectivity index (χ4n) is 5.41. The molecule has 0 unspecified atom stereocenters. The number of nitrogens with zero attached hydrogens (tertiary/aromatic N) is 3. The van der Waals surface area contributed by atoms with E-state index in [1.807, 2.05) is 24.3 Å². The molecule has 1 N–H and O–H groups in total. The van der Waals surface area contributed by atoms with Gasteiger partial charge in [0, 0.05) is 56.1 Å². The van der Waals surface area contributed by atoms with Crippen molar-refractivity contribution in [3.05, 3.63) is 41.5 Å². The maximum Gasteiger partial charge on any atom is 0.196 e. The molecule has 6 rings (SSSR count). The Balaban J connectivity index is 1.43. The number of hydrogen-bond donors (Lipinski definition) is 1. The minimum atomic E-state index is 0.0441. The van der Waals surface area contributed by atoms with Gasteiger partial charge in [-0.1, -0.05) is 42.3 Å². The second-order valence-electron chi connectivity index (χ2n) is 9.21. The molecule has 3 aliphatic rings. The van der Waals surface area contributed by atoms with Crippen LogP contribution in [-0.2, 0) is 4.74 Å². The monoisotopic (exact) mass is 446 g/mol. The lowest BCUT2D eigenvalue weighted by molar-refractivity contribution is 0.0398. The number of aromatic nitrogens is 1. The average molecular weight is 447 g/mol. The van der Waals surface area contributed by atoms with E-state index in [4.69, 9.17) is 9.26 Å². The highest BCUT2D eigenvalue weighted by Gasteiger charge is 2.33. The molecule has 7 nitrogen and oxygen atoms in total. The number of hydrogen-bond acceptors (Lipinski definition) is 7. The molecule has 0 saturated carbocycles. The molecule has 0 amide bonds. The summed E-state index contributed by atoms with van der Waals surface area (Å²) in [6.45, 7) is 7.19. The zero-order chi connectivity index (χ0) is 22.2. The van der Waals surface area contributed by atoms with E-state index >= 15 is 0 Å². The summed E-state index contributed by atoms with van der Waals surface area (Å²) in [7, 11) is 0. The third kappa shape index (κ3) is 3.69. The standard InChI is InChI=1S/C26H30N4O3/c31-25-18-7-3-4-8-19(18)26-23-22(25)20(27-9-12-29-13-15-32-16-14-29)17-21(24(23)28-33-26)30-10-5-1-2-6-11-30/h3-4,7-8,17,27H,1-2,5-6,9-16H2. The molecule has 7 heteroatoms. The van der Waals surface area contributed by atoms with Crippen molar-refractivity contribution in [2.75, 3.05) is 62.7 Å². The van der Waals surface area contributed by atoms with Crippen molar-refractivity contribution in [3.8, 4) is 11.3 Å². The number of fused-ring (bicyclic) bond motifs is 2. The minimum absolute atomic E-state index is 0.0441. The van der Waals surface area contributed by atoms with Crippen molar-refractivity contribution < 1.29 is 14.1 Å². The predicted octanol–water partition coefficient (Wildman–Crippen LogP) is 4.16. The van der Waals surface area contributed by atoms with E-state index < -0.39 is 0 Å². The maximum absolute atomic E-state index is 13.7. The van der Waals surface area contributed by atoms with Gasteiger partial charge in [0.25, 0.3) is 0 Å². The van der Waals surface area contributed by atoms with E-state index in [0.29, 0.717) is 16.9 Å². The van der Waals surface area contributed by atoms with Gasteiger partial charge in [-0.2, -0.15) is 0 Å². The number of ether oxygens (including phenoxy) is 1. The SMILES string of the molecule is O=C1c2ccccc2-c2onc3c(N4CCCCCC4)cc(NCCN4CCOCC4)c1c23. The lowest BCUT2D eigenvalue weighted by Gasteiger charge is -2.28. The van der Waals surface area contributed by atoms with Crippen LogP contribution in [0.25, 0.3) is 22.2 Å². The first-order valence-electron chi connectivity index (χ1n) is 12.2. The smallest absolute Gasteiger partial charge is 0.196 e. The molecule has 172 valence electrons. The Kier molecular flexibility index (Phi) is 5.52. The second kappa shape index (κ2) is 8.80. The number of benzene rings is 2. The van der Waals surface area contributed by atoms with Gasteiger partial charge >= 0.3 is 0 Å². The van der Waals surface area contributed by atoms with Gasteiger partial charge in [0.2, 0.25) is 0 Å². The summed E-state index contributed by atoms with van der Waals surface area (Å²) in [6, 6.07) is 9.84. The van der Waals surface area contributed by atoms with Crippen molar-refractivity contribution in [3.63, 3.8) is 0 Å². The quantitative estimate of drug-likeness (QED) is 0.493. The maximum atomic E-state index is 13.7. The lowest BCUT2D eigenvalue weighted by atomic mass is 9.86. The van der Waals surface area contributed by atoms with E-state index in [0.717, 1.165) is 80.3 Å². The van der Waals surface area contributed by atoms with Gasteiger partial charge in [-0.25, -0.2) is 0 Å². The van der Waals surface area contributed by atoms with Crippen molar-refractivity contribution >= 4 is 28.1 Å². The van der Waals surface area contributed by atoms with E-state index in [1.54, 1.807) is 0 Å². The van der Waals surface area contributed by atoms with Crippen LogP contribution in [0.3, 0.4) is 0 Å². The largest absolute Gasteiger partial charge is 0.383 e. The fraction of sp³-hybridized carbons (Fsp3) is 0.462. The third-order valence-corrected chi connectivity index (χ3v) is 7.17. The van der Waals surface area contributed by atoms with Crippen LogP contribution in [0.1, 0.15) is 41.6 Å². The molecule has 2 aromatic carbocycles. The van der Waals surface area contributed by atoms with Crippen LogP contribution in [-0.4, -0.2) is 68.3 Å². The molecule has 0 bridgehead atoms. The zero-order valence-corrected chi connectivity index (χ0v) is 18.9. The summed E-state index contributed by atoms with van der Waals surface area (Å²) in [5.74, 6) is 0.755. The molecule has 2 aliphatic heterocycles. The Hall–Kier alpha value is -2.90. The van der Waals surface area contributed by atoms with Gasteiger partial charge in [-0.05, 0) is 18.9 Å². The van der Waals surface area contributed by atoms with Crippen LogP contribution in [0.2, 0.25) is 0 Å². The summed E-state index contributed by atoms with van der Waals surface area (Å²) < 4.78 is 11.4. The van der Waals surface area contributed by atoms with Gasteiger partial charge in [0.15, 0.2) is 11.5 Å². The summed E-state index contributed by atoms with van der Waals surface area (Å²) >= 11 is 0. The van der Waals surface area contributed by atoms with Crippen LogP contribution >= 0.6 is 0 Å². The number of rotatable bonds is 5. The number of anilines is 2. The van der Waals surface area contributed by atoms with Crippen LogP contribution in [0.5, 0.6) is 0 Å². The molecule has 1 aliphatic carbocycles. The number of carbonyl (C=O) groups excluding carboxylic acids is 1. The van der Waals surface area contributed by atoms with Gasteiger partial charge in [0.05, 0.1) is 29.9 Å². The molecule has 0 radical (unpaired) electrons.